The zero-order valence-corrected chi connectivity index (χ0v) is 14.4. The third kappa shape index (κ3) is 2.86. The van der Waals surface area contributed by atoms with E-state index in [4.69, 9.17) is 4.84 Å². The summed E-state index contributed by atoms with van der Waals surface area (Å²) in [6, 6.07) is 12.1. The third-order valence-electron chi connectivity index (χ3n) is 4.48. The molecule has 2 atom stereocenters. The highest BCUT2D eigenvalue weighted by atomic mass is 32.2. The quantitative estimate of drug-likeness (QED) is 0.890. The minimum atomic E-state index is -3.42. The van der Waals surface area contributed by atoms with Crippen molar-refractivity contribution in [1.82, 2.24) is 5.32 Å². The number of carbonyl (C=O) groups is 1. The van der Waals surface area contributed by atoms with E-state index in [2.05, 4.69) is 10.5 Å². The Morgan fingerprint density at radius 3 is 2.69 bits per heavy atom. The lowest BCUT2D eigenvalue weighted by atomic mass is 10.0. The molecule has 1 amide bonds. The molecule has 2 heterocycles. The third-order valence-corrected chi connectivity index (χ3v) is 6.29. The average Bonchev–Trinajstić information content (AvgIpc) is 3.20. The molecule has 0 bridgehead atoms. The summed E-state index contributed by atoms with van der Waals surface area (Å²) in [5.74, 6) is -1.10. The number of nitrogens with zero attached hydrogens (tertiary/aromatic N) is 1. The fourth-order valence-electron chi connectivity index (χ4n) is 3.21. The standard InChI is InChI=1S/C18H15FN2O4S/c19-13-7-3-1-5-11(13)14-9-16(25-21-14)18(22)20-15-10-26(23,24)17-8-4-2-6-12(15)17/h1-8,15-16H,9-10H2,(H,20,22). The number of fused-ring (bicyclic) bond motifs is 1. The van der Waals surface area contributed by atoms with Gasteiger partial charge in [-0.2, -0.15) is 0 Å². The van der Waals surface area contributed by atoms with Crippen LogP contribution in [0.5, 0.6) is 0 Å². The summed E-state index contributed by atoms with van der Waals surface area (Å²) in [5, 5.41) is 6.52. The van der Waals surface area contributed by atoms with Crippen LogP contribution in [0, 0.1) is 5.82 Å². The van der Waals surface area contributed by atoms with Gasteiger partial charge in [-0.1, -0.05) is 41.6 Å². The largest absolute Gasteiger partial charge is 0.382 e. The van der Waals surface area contributed by atoms with Crippen LogP contribution < -0.4 is 5.32 Å². The normalized spacial score (nSPS) is 23.0. The van der Waals surface area contributed by atoms with E-state index < -0.39 is 33.7 Å². The number of sulfone groups is 1. The van der Waals surface area contributed by atoms with Crippen molar-refractivity contribution in [3.8, 4) is 0 Å². The lowest BCUT2D eigenvalue weighted by molar-refractivity contribution is -0.131. The van der Waals surface area contributed by atoms with Gasteiger partial charge in [0.25, 0.3) is 5.91 Å². The molecule has 0 aromatic heterocycles. The number of amides is 1. The van der Waals surface area contributed by atoms with Crippen LogP contribution in [0.4, 0.5) is 4.39 Å². The minimum Gasteiger partial charge on any atom is -0.382 e. The molecule has 0 spiro atoms. The van der Waals surface area contributed by atoms with Crippen LogP contribution in [0.15, 0.2) is 58.6 Å². The molecule has 6 nitrogen and oxygen atoms in total. The van der Waals surface area contributed by atoms with Gasteiger partial charge in [-0.3, -0.25) is 4.79 Å². The van der Waals surface area contributed by atoms with Gasteiger partial charge in [0, 0.05) is 12.0 Å². The highest BCUT2D eigenvalue weighted by Crippen LogP contribution is 2.33. The van der Waals surface area contributed by atoms with Crippen molar-refractivity contribution >= 4 is 21.5 Å². The predicted octanol–water partition coefficient (Wildman–Crippen LogP) is 1.96. The van der Waals surface area contributed by atoms with Gasteiger partial charge < -0.3 is 10.2 Å². The molecule has 0 radical (unpaired) electrons. The van der Waals surface area contributed by atoms with Crippen molar-refractivity contribution in [2.24, 2.45) is 5.16 Å². The number of hydrogen-bond donors (Lipinski definition) is 1. The van der Waals surface area contributed by atoms with Gasteiger partial charge in [0.1, 0.15) is 5.82 Å². The van der Waals surface area contributed by atoms with E-state index >= 15 is 0 Å². The van der Waals surface area contributed by atoms with Crippen LogP contribution in [-0.4, -0.2) is 31.9 Å². The smallest absolute Gasteiger partial charge is 0.264 e. The molecule has 134 valence electrons. The molecule has 2 aliphatic rings. The van der Waals surface area contributed by atoms with Gasteiger partial charge in [-0.15, -0.1) is 0 Å². The van der Waals surface area contributed by atoms with E-state index in [-0.39, 0.29) is 22.6 Å². The van der Waals surface area contributed by atoms with Crippen molar-refractivity contribution in [2.45, 2.75) is 23.5 Å². The summed E-state index contributed by atoms with van der Waals surface area (Å²) in [6.07, 6.45) is -0.798. The molecule has 26 heavy (non-hydrogen) atoms. The van der Waals surface area contributed by atoms with E-state index in [1.54, 1.807) is 36.4 Å². The summed E-state index contributed by atoms with van der Waals surface area (Å²) < 4.78 is 38.2. The number of halogens is 1. The van der Waals surface area contributed by atoms with Crippen LogP contribution in [0.1, 0.15) is 23.6 Å². The van der Waals surface area contributed by atoms with Gasteiger partial charge in [0.15, 0.2) is 9.84 Å². The Bertz CT molecular complexity index is 1020. The molecule has 0 aliphatic carbocycles. The Labute approximate surface area is 149 Å². The molecule has 0 saturated carbocycles. The monoisotopic (exact) mass is 374 g/mol. The molecule has 4 rings (SSSR count). The molecule has 0 fully saturated rings. The first-order valence-corrected chi connectivity index (χ1v) is 9.70. The van der Waals surface area contributed by atoms with E-state index in [1.165, 1.54) is 12.1 Å². The molecule has 2 unspecified atom stereocenters. The van der Waals surface area contributed by atoms with E-state index in [0.717, 1.165) is 0 Å². The first-order valence-electron chi connectivity index (χ1n) is 8.05. The van der Waals surface area contributed by atoms with Crippen LogP contribution in [0.25, 0.3) is 0 Å². The number of benzene rings is 2. The van der Waals surface area contributed by atoms with Crippen LogP contribution >= 0.6 is 0 Å². The Morgan fingerprint density at radius 2 is 1.88 bits per heavy atom. The van der Waals surface area contributed by atoms with Crippen molar-refractivity contribution in [2.75, 3.05) is 5.75 Å². The fraction of sp³-hybridized carbons (Fsp3) is 0.222. The van der Waals surface area contributed by atoms with E-state index in [9.17, 15) is 17.6 Å². The first kappa shape index (κ1) is 16.7. The first-order chi connectivity index (χ1) is 12.5. The molecular formula is C18H15FN2O4S. The Kier molecular flexibility index (Phi) is 3.99. The molecule has 1 N–H and O–H groups in total. The number of carbonyl (C=O) groups excluding carboxylic acids is 1. The molecule has 2 aliphatic heterocycles. The van der Waals surface area contributed by atoms with Gasteiger partial charge in [0.05, 0.1) is 22.4 Å². The molecule has 2 aromatic carbocycles. The maximum atomic E-state index is 13.8. The average molecular weight is 374 g/mol. The zero-order chi connectivity index (χ0) is 18.3. The number of rotatable bonds is 3. The number of oxime groups is 1. The second-order valence-electron chi connectivity index (χ2n) is 6.20. The summed E-state index contributed by atoms with van der Waals surface area (Å²) in [4.78, 5) is 17.9. The van der Waals surface area contributed by atoms with Crippen LogP contribution in [-0.2, 0) is 19.5 Å². The predicted molar refractivity (Wildman–Crippen MR) is 91.8 cm³/mol. The SMILES string of the molecule is O=C(NC1CS(=O)(=O)c2ccccc21)C1CC(c2ccccc2F)=NO1. The highest BCUT2D eigenvalue weighted by Gasteiger charge is 2.38. The summed E-state index contributed by atoms with van der Waals surface area (Å²) in [5.41, 5.74) is 1.20. The van der Waals surface area contributed by atoms with Crippen LogP contribution in [0.3, 0.4) is 0 Å². The van der Waals surface area contributed by atoms with Crippen molar-refractivity contribution in [1.29, 1.82) is 0 Å². The Hall–Kier alpha value is -2.74. The second kappa shape index (κ2) is 6.21. The highest BCUT2D eigenvalue weighted by molar-refractivity contribution is 7.91. The Morgan fingerprint density at radius 1 is 1.15 bits per heavy atom. The van der Waals surface area contributed by atoms with Gasteiger partial charge >= 0.3 is 0 Å². The van der Waals surface area contributed by atoms with Crippen molar-refractivity contribution in [3.63, 3.8) is 0 Å². The summed E-state index contributed by atoms with van der Waals surface area (Å²) in [7, 11) is -3.42. The topological polar surface area (TPSA) is 84.8 Å². The Balaban J connectivity index is 1.47. The number of nitrogens with one attached hydrogen (secondary N) is 1. The van der Waals surface area contributed by atoms with Gasteiger partial charge in [-0.05, 0) is 17.7 Å². The van der Waals surface area contributed by atoms with E-state index in [1.807, 2.05) is 0 Å². The summed E-state index contributed by atoms with van der Waals surface area (Å²) >= 11 is 0. The van der Waals surface area contributed by atoms with Gasteiger partial charge in [-0.25, -0.2) is 12.8 Å². The lowest BCUT2D eigenvalue weighted by Gasteiger charge is -2.15. The van der Waals surface area contributed by atoms with E-state index in [0.29, 0.717) is 11.3 Å². The second-order valence-corrected chi connectivity index (χ2v) is 8.20. The molecule has 2 aromatic rings. The van der Waals surface area contributed by atoms with Gasteiger partial charge in [0.2, 0.25) is 6.10 Å². The maximum Gasteiger partial charge on any atom is 0.264 e. The van der Waals surface area contributed by atoms with Crippen molar-refractivity contribution < 1.29 is 22.4 Å². The lowest BCUT2D eigenvalue weighted by Crippen LogP contribution is -2.38. The maximum absolute atomic E-state index is 13.8. The van der Waals surface area contributed by atoms with Crippen LogP contribution in [0.2, 0.25) is 0 Å². The molecule has 0 saturated heterocycles. The zero-order valence-electron chi connectivity index (χ0n) is 13.6. The molecule has 8 heteroatoms. The molecular weight excluding hydrogens is 359 g/mol. The fourth-order valence-corrected chi connectivity index (χ4v) is 4.94. The van der Waals surface area contributed by atoms with Crippen molar-refractivity contribution in [3.05, 3.63) is 65.5 Å². The number of hydrogen-bond acceptors (Lipinski definition) is 5. The summed E-state index contributed by atoms with van der Waals surface area (Å²) in [6.45, 7) is 0. The minimum absolute atomic E-state index is 0.119.